The number of rotatable bonds is 7. The largest absolute Gasteiger partial charge is 0.493 e. The minimum atomic E-state index is -0.178. The highest BCUT2D eigenvalue weighted by atomic mass is 16.5. The lowest BCUT2D eigenvalue weighted by Crippen LogP contribution is -2.12. The summed E-state index contributed by atoms with van der Waals surface area (Å²) in [6, 6.07) is 12.4. The van der Waals surface area contributed by atoms with Crippen LogP contribution in [0.25, 0.3) is 0 Å². The summed E-state index contributed by atoms with van der Waals surface area (Å²) in [6.07, 6.45) is 0. The van der Waals surface area contributed by atoms with Crippen LogP contribution in [0.2, 0.25) is 0 Å². The van der Waals surface area contributed by atoms with Gasteiger partial charge in [-0.2, -0.15) is 0 Å². The molecular formula is C17H18O5. The number of ketones is 1. The van der Waals surface area contributed by atoms with Gasteiger partial charge in [0.15, 0.2) is 23.9 Å². The average molecular weight is 302 g/mol. The summed E-state index contributed by atoms with van der Waals surface area (Å²) in [7, 11) is 4.53. The van der Waals surface area contributed by atoms with Crippen molar-refractivity contribution >= 4 is 5.78 Å². The Morgan fingerprint density at radius 2 is 1.50 bits per heavy atom. The Labute approximate surface area is 129 Å². The smallest absolute Gasteiger partial charge is 0.203 e. The molecule has 0 saturated heterocycles. The minimum absolute atomic E-state index is 0.0668. The predicted octanol–water partition coefficient (Wildman–Crippen LogP) is 2.97. The molecule has 0 N–H and O–H groups in total. The van der Waals surface area contributed by atoms with Crippen molar-refractivity contribution in [1.29, 1.82) is 0 Å². The predicted molar refractivity (Wildman–Crippen MR) is 82.4 cm³/mol. The molecule has 0 fully saturated rings. The number of carbonyl (C=O) groups excluding carboxylic acids is 1. The number of benzene rings is 2. The second-order valence-electron chi connectivity index (χ2n) is 4.44. The van der Waals surface area contributed by atoms with E-state index in [2.05, 4.69) is 0 Å². The van der Waals surface area contributed by atoms with Crippen molar-refractivity contribution in [2.45, 2.75) is 0 Å². The Balaban J connectivity index is 2.19. The SMILES string of the molecule is COc1cc(C(=O)COc2ccccc2)cc(OC)c1OC. The second-order valence-corrected chi connectivity index (χ2v) is 4.44. The molecule has 0 spiro atoms. The first-order valence-electron chi connectivity index (χ1n) is 6.70. The molecule has 0 bridgehead atoms. The lowest BCUT2D eigenvalue weighted by molar-refractivity contribution is 0.0920. The molecule has 0 aliphatic carbocycles. The fourth-order valence-electron chi connectivity index (χ4n) is 1.99. The van der Waals surface area contributed by atoms with E-state index in [9.17, 15) is 4.79 Å². The van der Waals surface area contributed by atoms with Gasteiger partial charge in [-0.1, -0.05) is 18.2 Å². The number of carbonyl (C=O) groups is 1. The Morgan fingerprint density at radius 3 is 2.00 bits per heavy atom. The quantitative estimate of drug-likeness (QED) is 0.736. The molecule has 0 heterocycles. The summed E-state index contributed by atoms with van der Waals surface area (Å²) in [6.45, 7) is -0.0668. The Kier molecular flexibility index (Phi) is 5.25. The third kappa shape index (κ3) is 3.49. The molecule has 116 valence electrons. The van der Waals surface area contributed by atoms with Gasteiger partial charge in [-0.25, -0.2) is 0 Å². The fourth-order valence-corrected chi connectivity index (χ4v) is 1.99. The van der Waals surface area contributed by atoms with Crippen LogP contribution >= 0.6 is 0 Å². The van der Waals surface area contributed by atoms with Crippen molar-refractivity contribution in [2.24, 2.45) is 0 Å². The van der Waals surface area contributed by atoms with Crippen LogP contribution in [0.5, 0.6) is 23.0 Å². The van der Waals surface area contributed by atoms with Crippen LogP contribution in [0.4, 0.5) is 0 Å². The van der Waals surface area contributed by atoms with Gasteiger partial charge in [0.2, 0.25) is 5.75 Å². The van der Waals surface area contributed by atoms with Crippen molar-refractivity contribution < 1.29 is 23.7 Å². The zero-order valence-electron chi connectivity index (χ0n) is 12.8. The summed E-state index contributed by atoms with van der Waals surface area (Å²) in [5.41, 5.74) is 0.436. The number of ether oxygens (including phenoxy) is 4. The van der Waals surface area contributed by atoms with Gasteiger partial charge in [-0.15, -0.1) is 0 Å². The first kappa shape index (κ1) is 15.7. The van der Waals surface area contributed by atoms with Crippen LogP contribution in [0.15, 0.2) is 42.5 Å². The maximum atomic E-state index is 12.3. The van der Waals surface area contributed by atoms with Crippen LogP contribution in [0, 0.1) is 0 Å². The number of para-hydroxylation sites is 1. The molecule has 5 heteroatoms. The summed E-state index contributed by atoms with van der Waals surface area (Å²) in [5, 5.41) is 0. The fraction of sp³-hybridized carbons (Fsp3) is 0.235. The summed E-state index contributed by atoms with van der Waals surface area (Å²) >= 11 is 0. The Hall–Kier alpha value is -2.69. The van der Waals surface area contributed by atoms with E-state index in [1.165, 1.54) is 21.3 Å². The molecule has 0 radical (unpaired) electrons. The topological polar surface area (TPSA) is 54.0 Å². The zero-order chi connectivity index (χ0) is 15.9. The van der Waals surface area contributed by atoms with Crippen molar-refractivity contribution in [3.05, 3.63) is 48.0 Å². The van der Waals surface area contributed by atoms with Crippen molar-refractivity contribution in [1.82, 2.24) is 0 Å². The van der Waals surface area contributed by atoms with Crippen LogP contribution in [-0.4, -0.2) is 33.7 Å². The van der Waals surface area contributed by atoms with E-state index in [-0.39, 0.29) is 12.4 Å². The molecule has 0 aromatic heterocycles. The molecule has 0 aliphatic heterocycles. The highest BCUT2D eigenvalue weighted by molar-refractivity contribution is 5.98. The zero-order valence-corrected chi connectivity index (χ0v) is 12.8. The van der Waals surface area contributed by atoms with Crippen LogP contribution in [0.3, 0.4) is 0 Å². The summed E-state index contributed by atoms with van der Waals surface area (Å²) in [4.78, 5) is 12.3. The molecular weight excluding hydrogens is 284 g/mol. The van der Waals surface area contributed by atoms with Gasteiger partial charge >= 0.3 is 0 Å². The summed E-state index contributed by atoms with van der Waals surface area (Å²) in [5.74, 6) is 1.78. The van der Waals surface area contributed by atoms with E-state index in [1.807, 2.05) is 18.2 Å². The van der Waals surface area contributed by atoms with Crippen LogP contribution in [-0.2, 0) is 0 Å². The van der Waals surface area contributed by atoms with E-state index in [0.717, 1.165) is 0 Å². The maximum Gasteiger partial charge on any atom is 0.203 e. The number of hydrogen-bond donors (Lipinski definition) is 0. The molecule has 0 saturated carbocycles. The molecule has 0 unspecified atom stereocenters. The monoisotopic (exact) mass is 302 g/mol. The van der Waals surface area contributed by atoms with E-state index in [1.54, 1.807) is 24.3 Å². The Bertz CT molecular complexity index is 612. The van der Waals surface area contributed by atoms with Crippen molar-refractivity contribution in [3.63, 3.8) is 0 Å². The molecule has 5 nitrogen and oxygen atoms in total. The molecule has 22 heavy (non-hydrogen) atoms. The van der Waals surface area contributed by atoms with Gasteiger partial charge < -0.3 is 18.9 Å². The molecule has 2 aromatic rings. The molecule has 2 rings (SSSR count). The van der Waals surface area contributed by atoms with Gasteiger partial charge in [-0.3, -0.25) is 4.79 Å². The number of hydrogen-bond acceptors (Lipinski definition) is 5. The van der Waals surface area contributed by atoms with E-state index in [4.69, 9.17) is 18.9 Å². The number of Topliss-reactive ketones (excluding diaryl/α,β-unsaturated/α-hetero) is 1. The minimum Gasteiger partial charge on any atom is -0.493 e. The third-order valence-electron chi connectivity index (χ3n) is 3.10. The van der Waals surface area contributed by atoms with Gasteiger partial charge in [-0.05, 0) is 24.3 Å². The van der Waals surface area contributed by atoms with E-state index < -0.39 is 0 Å². The van der Waals surface area contributed by atoms with E-state index in [0.29, 0.717) is 28.6 Å². The highest BCUT2D eigenvalue weighted by Crippen LogP contribution is 2.38. The van der Waals surface area contributed by atoms with Gasteiger partial charge in [0.1, 0.15) is 5.75 Å². The first-order chi connectivity index (χ1) is 10.7. The van der Waals surface area contributed by atoms with Crippen molar-refractivity contribution in [3.8, 4) is 23.0 Å². The van der Waals surface area contributed by atoms with Gasteiger partial charge in [0, 0.05) is 5.56 Å². The van der Waals surface area contributed by atoms with Crippen molar-refractivity contribution in [2.75, 3.05) is 27.9 Å². The lowest BCUT2D eigenvalue weighted by Gasteiger charge is -2.13. The van der Waals surface area contributed by atoms with E-state index >= 15 is 0 Å². The normalized spacial score (nSPS) is 9.95. The maximum absolute atomic E-state index is 12.3. The van der Waals surface area contributed by atoms with Gasteiger partial charge in [0.25, 0.3) is 0 Å². The lowest BCUT2D eigenvalue weighted by atomic mass is 10.1. The second kappa shape index (κ2) is 7.36. The number of methoxy groups -OCH3 is 3. The first-order valence-corrected chi connectivity index (χ1v) is 6.70. The van der Waals surface area contributed by atoms with Crippen LogP contribution < -0.4 is 18.9 Å². The Morgan fingerprint density at radius 1 is 0.909 bits per heavy atom. The molecule has 0 atom stereocenters. The average Bonchev–Trinajstić information content (AvgIpc) is 2.59. The highest BCUT2D eigenvalue weighted by Gasteiger charge is 2.17. The van der Waals surface area contributed by atoms with Crippen LogP contribution in [0.1, 0.15) is 10.4 Å². The summed E-state index contributed by atoms with van der Waals surface area (Å²) < 4.78 is 21.2. The molecule has 0 amide bonds. The molecule has 0 aliphatic rings. The molecule has 2 aromatic carbocycles. The standard InChI is InChI=1S/C17H18O5/c1-19-15-9-12(10-16(20-2)17(15)21-3)14(18)11-22-13-7-5-4-6-8-13/h4-10H,11H2,1-3H3. The third-order valence-corrected chi connectivity index (χ3v) is 3.10. The van der Waals surface area contributed by atoms with Gasteiger partial charge in [0.05, 0.1) is 21.3 Å².